The van der Waals surface area contributed by atoms with Gasteiger partial charge in [-0.3, -0.25) is 9.80 Å². The number of para-hydroxylation sites is 8. The molecule has 8 heterocycles. The maximum atomic E-state index is 7.71. The Kier molecular flexibility index (Phi) is 13.0. The lowest BCUT2D eigenvalue weighted by Gasteiger charge is -2.43. The number of ether oxygens (including phenoxy) is 4. The maximum Gasteiger partial charge on any atom is 0.260 e. The summed E-state index contributed by atoms with van der Waals surface area (Å²) in [4.78, 5) is 21.9. The Morgan fingerprint density at radius 3 is 0.853 bits per heavy atom. The van der Waals surface area contributed by atoms with E-state index in [1.54, 1.807) is 0 Å². The monoisotopic (exact) mass is 1310 g/mol. The zero-order chi connectivity index (χ0) is 66.9. The van der Waals surface area contributed by atoms with Gasteiger partial charge in [-0.15, -0.1) is 0 Å². The number of benzene rings is 13. The van der Waals surface area contributed by atoms with E-state index < -0.39 is 6.71 Å². The number of anilines is 15. The van der Waals surface area contributed by atoms with Gasteiger partial charge in [-0.25, -0.2) is 9.97 Å². The fraction of sp³-hybridized carbons (Fsp3) is 0. The van der Waals surface area contributed by atoms with E-state index in [-0.39, 0.29) is 13.4 Å². The average Bonchev–Trinajstić information content (AvgIpc) is 0.693. The summed E-state index contributed by atoms with van der Waals surface area (Å²) in [5.74, 6) is 7.45. The molecule has 0 spiro atoms. The van der Waals surface area contributed by atoms with Crippen LogP contribution in [0.15, 0.2) is 340 Å². The molecule has 21 rings (SSSR count). The summed E-state index contributed by atoms with van der Waals surface area (Å²) in [6.45, 7) is -0.969. The van der Waals surface area contributed by atoms with Crippen LogP contribution < -0.4 is 92.6 Å². The van der Waals surface area contributed by atoms with Crippen molar-refractivity contribution in [3.8, 4) is 46.0 Å². The third-order valence-corrected chi connectivity index (χ3v) is 20.6. The molecule has 14 heteroatoms. The Balaban J connectivity index is 0.823. The lowest BCUT2D eigenvalue weighted by Crippen LogP contribution is -2.64. The van der Waals surface area contributed by atoms with Gasteiger partial charge in [0.15, 0.2) is 0 Å². The van der Waals surface area contributed by atoms with Crippen LogP contribution in [-0.2, 0) is 0 Å². The van der Waals surface area contributed by atoms with Gasteiger partial charge in [0, 0.05) is 111 Å². The van der Waals surface area contributed by atoms with Gasteiger partial charge in [0.1, 0.15) is 57.6 Å². The van der Waals surface area contributed by atoms with E-state index in [2.05, 4.69) is 340 Å². The predicted octanol–water partition coefficient (Wildman–Crippen LogP) is 16.4. The van der Waals surface area contributed by atoms with Crippen LogP contribution in [0.1, 0.15) is 0 Å². The van der Waals surface area contributed by atoms with Crippen molar-refractivity contribution in [2.24, 2.45) is 0 Å². The van der Waals surface area contributed by atoms with Gasteiger partial charge in [-0.1, -0.05) is 170 Å². The van der Waals surface area contributed by atoms with Crippen LogP contribution in [0.3, 0.4) is 0 Å². The first-order valence-corrected chi connectivity index (χ1v) is 34.5. The molecule has 0 unspecified atom stereocenters. The summed E-state index contributed by atoms with van der Waals surface area (Å²) in [5.41, 5.74) is 21.9. The van der Waals surface area contributed by atoms with Crippen LogP contribution in [0.5, 0.6) is 46.0 Å². The first-order chi connectivity index (χ1) is 50.6. The molecule has 0 saturated heterocycles. The van der Waals surface area contributed by atoms with Crippen molar-refractivity contribution in [2.45, 2.75) is 0 Å². The van der Waals surface area contributed by atoms with E-state index in [9.17, 15) is 0 Å². The molecule has 6 aliphatic heterocycles. The maximum absolute atomic E-state index is 7.71. The van der Waals surface area contributed by atoms with Crippen molar-refractivity contribution in [3.63, 3.8) is 0 Å². The summed E-state index contributed by atoms with van der Waals surface area (Å²) in [6.07, 6.45) is 3.75. The predicted molar refractivity (Wildman–Crippen MR) is 415 cm³/mol. The van der Waals surface area contributed by atoms with Crippen molar-refractivity contribution in [1.82, 2.24) is 9.97 Å². The molecule has 0 saturated carbocycles. The number of rotatable bonds is 11. The minimum Gasteiger partial charge on any atom is -0.458 e. The number of fused-ring (bicyclic) bond motifs is 12. The molecule has 0 N–H and O–H groups in total. The van der Waals surface area contributed by atoms with E-state index in [1.165, 1.54) is 0 Å². The Morgan fingerprint density at radius 2 is 0.510 bits per heavy atom. The quantitative estimate of drug-likeness (QED) is 0.116. The van der Waals surface area contributed by atoms with Crippen molar-refractivity contribution in [2.75, 3.05) is 24.5 Å². The number of pyridine rings is 2. The van der Waals surface area contributed by atoms with Crippen molar-refractivity contribution in [1.29, 1.82) is 0 Å². The summed E-state index contributed by atoms with van der Waals surface area (Å²) in [7, 11) is 0. The van der Waals surface area contributed by atoms with Gasteiger partial charge in [-0.05, 0) is 165 Å². The van der Waals surface area contributed by atoms with Crippen LogP contribution in [0.4, 0.5) is 85.6 Å². The molecule has 0 amide bonds. The minimum absolute atomic E-state index is 0.280. The second kappa shape index (κ2) is 23.1. The normalized spacial score (nSPS) is 13.1. The topological polar surface area (TPSA) is 78.9 Å². The molecule has 0 bridgehead atoms. The number of aromatic nitrogens is 2. The molecule has 13 aromatic carbocycles. The smallest absolute Gasteiger partial charge is 0.260 e. The van der Waals surface area contributed by atoms with Crippen molar-refractivity contribution in [3.05, 3.63) is 340 Å². The Labute approximate surface area is 590 Å². The van der Waals surface area contributed by atoms with Gasteiger partial charge >= 0.3 is 0 Å². The highest BCUT2D eigenvalue weighted by molar-refractivity contribution is 7.03. The zero-order valence-electron chi connectivity index (χ0n) is 54.8. The summed E-state index contributed by atoms with van der Waals surface area (Å²) in [6, 6.07) is 115. The van der Waals surface area contributed by atoms with E-state index in [1.807, 2.05) is 24.5 Å². The molecule has 476 valence electrons. The molecular formula is C88H56B3N7O4. The highest BCUT2D eigenvalue weighted by atomic mass is 16.5. The Morgan fingerprint density at radius 1 is 0.216 bits per heavy atom. The lowest BCUT2D eigenvalue weighted by atomic mass is 9.30. The standard InChI is InChI=1S/C88H56B3N7O4/c1-7-27-57(28-8-1)94(58-29-9-2-10-30-58)63-47-74-86-80(49-63)99-76-41-21-19-39-66(76)89(86)68-53-70-78(55-72(68)97(74)84-43-23-25-45-92-84)101-82-51-65(96(61-35-15-5-16-36-61)62-37-17-6-18-38-62)52-83-88(82)91(70)71-54-69-73(56-79(71)102-83)98(85-44-24-26-46-93-85)75-48-64(50-81-87(75)90(69)67-40-20-22-42-77(67)100-81)95(59-31-11-3-12-32-59)60-33-13-4-14-34-60/h1-56H. The SMILES string of the molecule is c1ccc(N(c2ccccc2)c2cc3c4c(c2)Oc2cc5c(cc2B4c2cc4c(cc2O3)N(c2ccccn2)c2cc(N(c3ccccc3)c3ccccc3)cc3c2B4c2ccccc2O3)B2c3ccccc3Oc3cc(N(c4ccccc4)c4ccccc4)cc(c32)N5c2ccccn2)cc1. The number of hydrogen-bond acceptors (Lipinski definition) is 11. The molecule has 0 atom stereocenters. The molecule has 102 heavy (non-hydrogen) atoms. The first kappa shape index (κ1) is 57.6. The van der Waals surface area contributed by atoms with E-state index in [4.69, 9.17) is 28.9 Å². The third-order valence-electron chi connectivity index (χ3n) is 20.6. The van der Waals surface area contributed by atoms with Crippen molar-refractivity contribution >= 4 is 155 Å². The Bertz CT molecular complexity index is 5410. The first-order valence-electron chi connectivity index (χ1n) is 34.5. The second-order valence-electron chi connectivity index (χ2n) is 26.4. The Hall–Kier alpha value is -13.4. The highest BCUT2D eigenvalue weighted by Crippen LogP contribution is 2.51. The number of hydrogen-bond donors (Lipinski definition) is 0. The number of nitrogens with zero attached hydrogens (tertiary/aromatic N) is 7. The molecule has 15 aromatic rings. The van der Waals surface area contributed by atoms with Crippen LogP contribution in [0.2, 0.25) is 0 Å². The molecule has 2 aromatic heterocycles. The van der Waals surface area contributed by atoms with Crippen LogP contribution in [0.25, 0.3) is 0 Å². The van der Waals surface area contributed by atoms with E-state index >= 15 is 0 Å². The van der Waals surface area contributed by atoms with Gasteiger partial charge < -0.3 is 33.6 Å². The van der Waals surface area contributed by atoms with Gasteiger partial charge in [-0.2, -0.15) is 0 Å². The van der Waals surface area contributed by atoms with Gasteiger partial charge in [0.2, 0.25) is 0 Å². The summed E-state index contributed by atoms with van der Waals surface area (Å²) in [5, 5.41) is 0. The van der Waals surface area contributed by atoms with Crippen LogP contribution >= 0.6 is 0 Å². The molecule has 11 nitrogen and oxygen atoms in total. The molecule has 0 aliphatic carbocycles. The summed E-state index contributed by atoms with van der Waals surface area (Å²) < 4.78 is 29.9. The fourth-order valence-corrected chi connectivity index (χ4v) is 16.5. The molecular weight excluding hydrogens is 1250 g/mol. The minimum atomic E-state index is -0.409. The second-order valence-corrected chi connectivity index (χ2v) is 26.4. The van der Waals surface area contributed by atoms with Gasteiger partial charge in [0.25, 0.3) is 20.1 Å². The lowest BCUT2D eigenvalue weighted by molar-refractivity contribution is 0.465. The van der Waals surface area contributed by atoms with E-state index in [0.717, 1.165) is 169 Å². The molecule has 0 fully saturated rings. The van der Waals surface area contributed by atoms with Crippen LogP contribution in [0, 0.1) is 0 Å². The van der Waals surface area contributed by atoms with Crippen molar-refractivity contribution < 1.29 is 18.9 Å². The third kappa shape index (κ3) is 9.05. The van der Waals surface area contributed by atoms with Gasteiger partial charge in [0.05, 0.1) is 17.1 Å². The van der Waals surface area contributed by atoms with E-state index in [0.29, 0.717) is 11.5 Å². The zero-order valence-corrected chi connectivity index (χ0v) is 54.8. The fourth-order valence-electron chi connectivity index (χ4n) is 16.5. The molecule has 0 radical (unpaired) electrons. The molecule has 6 aliphatic rings. The summed E-state index contributed by atoms with van der Waals surface area (Å²) >= 11 is 0. The largest absolute Gasteiger partial charge is 0.458 e. The highest BCUT2D eigenvalue weighted by Gasteiger charge is 2.50. The average molecular weight is 1310 g/mol. The van der Waals surface area contributed by atoms with Crippen LogP contribution in [-0.4, -0.2) is 30.1 Å².